The number of amides is 1. The minimum Gasteiger partial charge on any atom is -0.494 e. The molecule has 2 heterocycles. The number of hydrogen-bond donors (Lipinski definition) is 1. The van der Waals surface area contributed by atoms with Gasteiger partial charge in [-0.25, -0.2) is 0 Å². The molecule has 5 rings (SSSR count). The normalized spacial score (nSPS) is 15.2. The number of fused-ring (bicyclic) bond motifs is 1. The molecule has 1 N–H and O–H groups in total. The fourth-order valence-electron chi connectivity index (χ4n) is 4.17. The fourth-order valence-corrected chi connectivity index (χ4v) is 4.30. The lowest BCUT2D eigenvalue weighted by Crippen LogP contribution is -2.29. The van der Waals surface area contributed by atoms with Crippen LogP contribution in [-0.2, 0) is 0 Å². The van der Waals surface area contributed by atoms with E-state index in [0.29, 0.717) is 17.3 Å². The third kappa shape index (κ3) is 3.45. The number of nitrogens with one attached hydrogen (secondary N) is 1. The maximum absolute atomic E-state index is 13.5. The molecule has 4 aromatic rings. The third-order valence-corrected chi connectivity index (χ3v) is 5.96. The zero-order valence-corrected chi connectivity index (χ0v) is 18.6. The second-order valence-corrected chi connectivity index (χ2v) is 8.22. The van der Waals surface area contributed by atoms with E-state index in [9.17, 15) is 4.79 Å². The molecule has 3 aromatic carbocycles. The van der Waals surface area contributed by atoms with Gasteiger partial charge in [0.2, 0.25) is 0 Å². The van der Waals surface area contributed by atoms with Gasteiger partial charge in [0.25, 0.3) is 5.91 Å². The number of carbonyl (C=O) groups is 1. The molecule has 0 aliphatic carbocycles. The number of aryl methyl sites for hydroxylation is 1. The molecule has 1 aliphatic rings. The first-order chi connectivity index (χ1) is 15.6. The smallest absolute Gasteiger partial charge is 0.277 e. The number of H-pyrrole nitrogens is 1. The Morgan fingerprint density at radius 2 is 1.69 bits per heavy atom. The highest BCUT2D eigenvalue weighted by atomic mass is 35.5. The number of halogens is 1. The second-order valence-electron chi connectivity index (χ2n) is 7.78. The maximum Gasteiger partial charge on any atom is 0.277 e. The zero-order chi connectivity index (χ0) is 22.2. The molecule has 1 aromatic heterocycles. The number of ether oxygens (including phenoxy) is 1. The number of rotatable bonds is 5. The van der Waals surface area contributed by atoms with Crippen LogP contribution in [-0.4, -0.2) is 22.7 Å². The van der Waals surface area contributed by atoms with Crippen molar-refractivity contribution in [3.63, 3.8) is 0 Å². The van der Waals surface area contributed by atoms with Gasteiger partial charge < -0.3 is 4.74 Å². The molecule has 1 atom stereocenters. The molecule has 0 unspecified atom stereocenters. The van der Waals surface area contributed by atoms with Gasteiger partial charge in [-0.15, -0.1) is 0 Å². The van der Waals surface area contributed by atoms with Crippen LogP contribution in [0.4, 0.5) is 5.69 Å². The van der Waals surface area contributed by atoms with E-state index in [4.69, 9.17) is 16.3 Å². The van der Waals surface area contributed by atoms with E-state index in [1.807, 2.05) is 62.4 Å². The average molecular weight is 444 g/mol. The SMILES string of the molecule is CCOc1ccc([C@@H]2c3c(-c4ccc(C)cc4)n[nH]c3C(=O)N2c2ccc(Cl)cc2)cc1. The first-order valence-electron chi connectivity index (χ1n) is 10.5. The minimum absolute atomic E-state index is 0.118. The maximum atomic E-state index is 13.5. The lowest BCUT2D eigenvalue weighted by Gasteiger charge is -2.26. The number of nitrogens with zero attached hydrogens (tertiary/aromatic N) is 2. The van der Waals surface area contributed by atoms with Crippen molar-refractivity contribution < 1.29 is 9.53 Å². The Kier molecular flexibility index (Phi) is 5.19. The first-order valence-corrected chi connectivity index (χ1v) is 10.9. The van der Waals surface area contributed by atoms with Crippen LogP contribution in [0.2, 0.25) is 5.02 Å². The summed E-state index contributed by atoms with van der Waals surface area (Å²) in [5, 5.41) is 8.16. The number of anilines is 1. The molecule has 0 radical (unpaired) electrons. The van der Waals surface area contributed by atoms with Crippen molar-refractivity contribution in [3.8, 4) is 17.0 Å². The van der Waals surface area contributed by atoms with Gasteiger partial charge in [0.15, 0.2) is 0 Å². The summed E-state index contributed by atoms with van der Waals surface area (Å²) in [7, 11) is 0. The van der Waals surface area contributed by atoms with Crippen LogP contribution in [0.25, 0.3) is 11.3 Å². The second kappa shape index (κ2) is 8.17. The van der Waals surface area contributed by atoms with Gasteiger partial charge in [0, 0.05) is 21.8 Å². The highest BCUT2D eigenvalue weighted by Gasteiger charge is 2.43. The van der Waals surface area contributed by atoms with Crippen molar-refractivity contribution in [2.75, 3.05) is 11.5 Å². The molecule has 1 aliphatic heterocycles. The number of benzene rings is 3. The summed E-state index contributed by atoms with van der Waals surface area (Å²) in [5.41, 5.74) is 6.05. The van der Waals surface area contributed by atoms with Gasteiger partial charge in [-0.1, -0.05) is 53.6 Å². The molecule has 160 valence electrons. The summed E-state index contributed by atoms with van der Waals surface area (Å²) in [6.45, 7) is 4.60. The number of carbonyl (C=O) groups excluding carboxylic acids is 1. The van der Waals surface area contributed by atoms with Crippen LogP contribution in [0, 0.1) is 6.92 Å². The first kappa shape index (κ1) is 20.3. The number of aromatic nitrogens is 2. The van der Waals surface area contributed by atoms with Crippen LogP contribution in [0.5, 0.6) is 5.75 Å². The van der Waals surface area contributed by atoms with E-state index < -0.39 is 0 Å². The quantitative estimate of drug-likeness (QED) is 0.400. The van der Waals surface area contributed by atoms with Gasteiger partial charge in [0.1, 0.15) is 11.4 Å². The predicted molar refractivity (Wildman–Crippen MR) is 126 cm³/mol. The van der Waals surface area contributed by atoms with E-state index in [1.165, 1.54) is 5.56 Å². The van der Waals surface area contributed by atoms with Crippen LogP contribution in [0.15, 0.2) is 72.8 Å². The van der Waals surface area contributed by atoms with Crippen molar-refractivity contribution >= 4 is 23.2 Å². The van der Waals surface area contributed by atoms with E-state index in [1.54, 1.807) is 17.0 Å². The molecule has 5 nitrogen and oxygen atoms in total. The molecule has 0 saturated carbocycles. The molecule has 32 heavy (non-hydrogen) atoms. The summed E-state index contributed by atoms with van der Waals surface area (Å²) >= 11 is 6.11. The summed E-state index contributed by atoms with van der Waals surface area (Å²) in [6, 6.07) is 23.1. The highest BCUT2D eigenvalue weighted by Crippen LogP contribution is 2.45. The molecule has 1 amide bonds. The predicted octanol–water partition coefficient (Wildman–Crippen LogP) is 6.19. The van der Waals surface area contributed by atoms with Crippen molar-refractivity contribution in [2.24, 2.45) is 0 Å². The van der Waals surface area contributed by atoms with Crippen molar-refractivity contribution in [1.29, 1.82) is 0 Å². The Balaban J connectivity index is 1.67. The summed E-state index contributed by atoms with van der Waals surface area (Å²) in [6.07, 6.45) is 0. The van der Waals surface area contributed by atoms with Crippen LogP contribution < -0.4 is 9.64 Å². The largest absolute Gasteiger partial charge is 0.494 e. The van der Waals surface area contributed by atoms with E-state index >= 15 is 0 Å². The molecular formula is C26H22ClN3O2. The lowest BCUT2D eigenvalue weighted by atomic mass is 9.95. The fraction of sp³-hybridized carbons (Fsp3) is 0.154. The van der Waals surface area contributed by atoms with E-state index in [0.717, 1.165) is 33.8 Å². The van der Waals surface area contributed by atoms with Gasteiger partial charge in [0.05, 0.1) is 18.3 Å². The number of hydrogen-bond acceptors (Lipinski definition) is 3. The van der Waals surface area contributed by atoms with Crippen LogP contribution >= 0.6 is 11.6 Å². The summed E-state index contributed by atoms with van der Waals surface area (Å²) in [5.74, 6) is 0.678. The molecule has 0 spiro atoms. The molecule has 0 bridgehead atoms. The minimum atomic E-state index is -0.329. The third-order valence-electron chi connectivity index (χ3n) is 5.70. The van der Waals surface area contributed by atoms with Gasteiger partial charge in [-0.3, -0.25) is 14.8 Å². The monoisotopic (exact) mass is 443 g/mol. The van der Waals surface area contributed by atoms with Crippen LogP contribution in [0.3, 0.4) is 0 Å². The Morgan fingerprint density at radius 3 is 2.34 bits per heavy atom. The summed E-state index contributed by atoms with van der Waals surface area (Å²) < 4.78 is 5.61. The van der Waals surface area contributed by atoms with Gasteiger partial charge in [-0.2, -0.15) is 5.10 Å². The van der Waals surface area contributed by atoms with E-state index in [2.05, 4.69) is 22.3 Å². The molecular weight excluding hydrogens is 422 g/mol. The Morgan fingerprint density at radius 1 is 1.00 bits per heavy atom. The van der Waals surface area contributed by atoms with Crippen LogP contribution in [0.1, 0.15) is 40.1 Å². The molecule has 0 fully saturated rings. The molecule has 6 heteroatoms. The standard InChI is InChI=1S/C26H22ClN3O2/c1-3-32-21-14-8-18(9-15-21)25-22-23(17-6-4-16(2)5-7-17)28-29-24(22)26(31)30(25)20-12-10-19(27)11-13-20/h4-15,25H,3H2,1-2H3,(H,28,29)/t25-/m1/s1. The van der Waals surface area contributed by atoms with Crippen molar-refractivity contribution in [3.05, 3.63) is 100 Å². The van der Waals surface area contributed by atoms with Crippen molar-refractivity contribution in [2.45, 2.75) is 19.9 Å². The van der Waals surface area contributed by atoms with Gasteiger partial charge >= 0.3 is 0 Å². The Bertz CT molecular complexity index is 1260. The summed E-state index contributed by atoms with van der Waals surface area (Å²) in [4.78, 5) is 15.3. The lowest BCUT2D eigenvalue weighted by molar-refractivity contribution is 0.0989. The zero-order valence-electron chi connectivity index (χ0n) is 17.8. The topological polar surface area (TPSA) is 58.2 Å². The Labute approximate surface area is 191 Å². The number of aromatic amines is 1. The van der Waals surface area contributed by atoms with Gasteiger partial charge in [-0.05, 0) is 55.8 Å². The Hall–Kier alpha value is -3.57. The highest BCUT2D eigenvalue weighted by molar-refractivity contribution is 6.30. The van der Waals surface area contributed by atoms with Crippen molar-refractivity contribution in [1.82, 2.24) is 10.2 Å². The molecule has 0 saturated heterocycles. The van der Waals surface area contributed by atoms with E-state index in [-0.39, 0.29) is 11.9 Å². The average Bonchev–Trinajstić information content (AvgIpc) is 3.35.